The molecule has 1 aromatic carbocycles. The summed E-state index contributed by atoms with van der Waals surface area (Å²) in [5.41, 5.74) is -0.0117. The molecule has 0 saturated carbocycles. The van der Waals surface area contributed by atoms with Crippen LogP contribution in [0.25, 0.3) is 0 Å². The van der Waals surface area contributed by atoms with Gasteiger partial charge < -0.3 is 10.6 Å². The maximum Gasteiger partial charge on any atom is 0.306 e. The van der Waals surface area contributed by atoms with Gasteiger partial charge in [-0.05, 0) is 23.3 Å². The van der Waals surface area contributed by atoms with Gasteiger partial charge in [-0.15, -0.1) is 0 Å². The predicted octanol–water partition coefficient (Wildman–Crippen LogP) is 1.86. The van der Waals surface area contributed by atoms with Crippen LogP contribution in [0.2, 0.25) is 5.15 Å². The summed E-state index contributed by atoms with van der Waals surface area (Å²) in [6.45, 7) is -1.34. The standard InChI is InChI=1S/C22H23ClF2N6O4S/c1-36(34,35)30-11-16-7-3-2-6-15(16)10-27-19(32)13-31-18(23)12-28-20(21(31)33)29-14-22(24,25)17-8-4-5-9-26-17/h2-9,12,30H,10-11,13-14H2,1H3,(H,27,32)(H,28,29). The molecule has 3 rings (SSSR count). The van der Waals surface area contributed by atoms with Crippen LogP contribution in [-0.4, -0.2) is 41.7 Å². The molecule has 0 atom stereocenters. The van der Waals surface area contributed by atoms with Crippen LogP contribution in [0, 0.1) is 0 Å². The van der Waals surface area contributed by atoms with Gasteiger partial charge in [-0.1, -0.05) is 41.9 Å². The lowest BCUT2D eigenvalue weighted by molar-refractivity contribution is -0.121. The Morgan fingerprint density at radius 3 is 2.39 bits per heavy atom. The van der Waals surface area contributed by atoms with Crippen molar-refractivity contribution in [3.8, 4) is 0 Å². The fourth-order valence-corrected chi connectivity index (χ4v) is 3.71. The molecule has 3 aromatic rings. The second-order valence-electron chi connectivity index (χ2n) is 7.73. The number of benzene rings is 1. The largest absolute Gasteiger partial charge is 0.359 e. The first-order valence-electron chi connectivity index (χ1n) is 10.5. The summed E-state index contributed by atoms with van der Waals surface area (Å²) in [4.78, 5) is 32.7. The third-order valence-corrected chi connectivity index (χ3v) is 5.91. The van der Waals surface area contributed by atoms with Crippen LogP contribution in [-0.2, 0) is 40.4 Å². The SMILES string of the molecule is CS(=O)(=O)NCc1ccccc1CNC(=O)Cn1c(Cl)cnc(NCC(F)(F)c2ccccn2)c1=O. The Kier molecular flexibility index (Phi) is 8.71. The topological polar surface area (TPSA) is 135 Å². The fourth-order valence-electron chi connectivity index (χ4n) is 3.11. The van der Waals surface area contributed by atoms with E-state index in [-0.39, 0.29) is 18.2 Å². The molecular weight excluding hydrogens is 518 g/mol. The maximum absolute atomic E-state index is 14.4. The Bertz CT molecular complexity index is 1390. The molecule has 0 bridgehead atoms. The molecule has 36 heavy (non-hydrogen) atoms. The monoisotopic (exact) mass is 540 g/mol. The van der Waals surface area contributed by atoms with Gasteiger partial charge in [0.2, 0.25) is 15.9 Å². The highest BCUT2D eigenvalue weighted by Gasteiger charge is 2.33. The Balaban J connectivity index is 1.66. The third-order valence-electron chi connectivity index (χ3n) is 4.94. The van der Waals surface area contributed by atoms with Gasteiger partial charge in [0.05, 0.1) is 19.0 Å². The van der Waals surface area contributed by atoms with Crippen molar-refractivity contribution in [2.45, 2.75) is 25.6 Å². The first kappa shape index (κ1) is 27.2. The maximum atomic E-state index is 14.4. The number of pyridine rings is 1. The van der Waals surface area contributed by atoms with Crippen LogP contribution >= 0.6 is 11.6 Å². The molecule has 2 heterocycles. The lowest BCUT2D eigenvalue weighted by Crippen LogP contribution is -2.35. The molecule has 0 radical (unpaired) electrons. The van der Waals surface area contributed by atoms with Gasteiger partial charge in [0.15, 0.2) is 5.82 Å². The molecule has 0 aliphatic rings. The number of nitrogens with one attached hydrogen (secondary N) is 3. The zero-order valence-electron chi connectivity index (χ0n) is 19.0. The van der Waals surface area contributed by atoms with E-state index in [4.69, 9.17) is 11.6 Å². The van der Waals surface area contributed by atoms with E-state index < -0.39 is 52.0 Å². The first-order valence-corrected chi connectivity index (χ1v) is 12.8. The van der Waals surface area contributed by atoms with Crippen molar-refractivity contribution in [2.75, 3.05) is 18.1 Å². The molecule has 0 fully saturated rings. The number of carbonyl (C=O) groups is 1. The minimum absolute atomic E-state index is 0.0404. The molecule has 3 N–H and O–H groups in total. The van der Waals surface area contributed by atoms with Gasteiger partial charge in [-0.2, -0.15) is 8.78 Å². The number of hydrogen-bond acceptors (Lipinski definition) is 7. The summed E-state index contributed by atoms with van der Waals surface area (Å²) in [5, 5.41) is 4.78. The summed E-state index contributed by atoms with van der Waals surface area (Å²) in [7, 11) is -3.41. The van der Waals surface area contributed by atoms with Crippen LogP contribution in [0.1, 0.15) is 16.8 Å². The summed E-state index contributed by atoms with van der Waals surface area (Å²) >= 11 is 6.03. The number of carbonyl (C=O) groups excluding carboxylic acids is 1. The Morgan fingerprint density at radius 1 is 1.08 bits per heavy atom. The fraction of sp³-hybridized carbons (Fsp3) is 0.273. The summed E-state index contributed by atoms with van der Waals surface area (Å²) in [5.74, 6) is -4.36. The second-order valence-corrected chi connectivity index (χ2v) is 9.95. The average molecular weight is 541 g/mol. The van der Waals surface area contributed by atoms with Gasteiger partial charge in [0.25, 0.3) is 5.56 Å². The van der Waals surface area contributed by atoms with Crippen LogP contribution in [0.5, 0.6) is 0 Å². The van der Waals surface area contributed by atoms with Crippen LogP contribution in [0.3, 0.4) is 0 Å². The lowest BCUT2D eigenvalue weighted by Gasteiger charge is -2.17. The molecular formula is C22H23ClF2N6O4S. The highest BCUT2D eigenvalue weighted by atomic mass is 35.5. The molecule has 1 amide bonds. The number of sulfonamides is 1. The van der Waals surface area contributed by atoms with Gasteiger partial charge >= 0.3 is 5.92 Å². The smallest absolute Gasteiger partial charge is 0.306 e. The summed E-state index contributed by atoms with van der Waals surface area (Å²) in [6, 6.07) is 11.0. The Hall–Kier alpha value is -3.42. The molecule has 0 spiro atoms. The molecule has 10 nitrogen and oxygen atoms in total. The van der Waals surface area contributed by atoms with E-state index >= 15 is 0 Å². The second kappa shape index (κ2) is 11.5. The third kappa shape index (κ3) is 7.54. The van der Waals surface area contributed by atoms with Crippen molar-refractivity contribution in [1.82, 2.24) is 24.6 Å². The normalized spacial score (nSPS) is 11.8. The van der Waals surface area contributed by atoms with Crippen molar-refractivity contribution in [3.05, 3.63) is 87.2 Å². The Labute approximate surface area is 210 Å². The molecule has 0 unspecified atom stereocenters. The van der Waals surface area contributed by atoms with Crippen molar-refractivity contribution >= 4 is 33.3 Å². The highest BCUT2D eigenvalue weighted by Crippen LogP contribution is 2.25. The van der Waals surface area contributed by atoms with Gasteiger partial charge in [-0.3, -0.25) is 19.1 Å². The molecule has 0 aliphatic heterocycles. The van der Waals surface area contributed by atoms with E-state index in [1.165, 1.54) is 18.3 Å². The number of hydrogen-bond donors (Lipinski definition) is 3. The van der Waals surface area contributed by atoms with Gasteiger partial charge in [0, 0.05) is 19.3 Å². The lowest BCUT2D eigenvalue weighted by atomic mass is 10.1. The molecule has 0 aliphatic carbocycles. The van der Waals surface area contributed by atoms with E-state index in [1.807, 2.05) is 0 Å². The summed E-state index contributed by atoms with van der Waals surface area (Å²) < 4.78 is 54.8. The minimum atomic E-state index is -3.41. The Morgan fingerprint density at radius 2 is 1.75 bits per heavy atom. The van der Waals surface area contributed by atoms with Crippen LogP contribution in [0.15, 0.2) is 59.7 Å². The zero-order chi connectivity index (χ0) is 26.3. The number of aromatic nitrogens is 3. The number of amides is 1. The van der Waals surface area contributed by atoms with Crippen molar-refractivity contribution in [1.29, 1.82) is 0 Å². The molecule has 0 saturated heterocycles. The van der Waals surface area contributed by atoms with E-state index in [9.17, 15) is 26.8 Å². The zero-order valence-corrected chi connectivity index (χ0v) is 20.6. The molecule has 14 heteroatoms. The molecule has 192 valence electrons. The van der Waals surface area contributed by atoms with Gasteiger partial charge in [-0.25, -0.2) is 18.1 Å². The van der Waals surface area contributed by atoms with E-state index in [1.54, 1.807) is 24.3 Å². The quantitative estimate of drug-likeness (QED) is 0.338. The number of anilines is 1. The highest BCUT2D eigenvalue weighted by molar-refractivity contribution is 7.88. The number of halogens is 3. The van der Waals surface area contributed by atoms with E-state index in [0.29, 0.717) is 11.1 Å². The minimum Gasteiger partial charge on any atom is -0.359 e. The summed E-state index contributed by atoms with van der Waals surface area (Å²) in [6.07, 6.45) is 3.34. The molecule has 2 aromatic heterocycles. The van der Waals surface area contributed by atoms with E-state index in [0.717, 1.165) is 23.1 Å². The average Bonchev–Trinajstić information content (AvgIpc) is 2.84. The van der Waals surface area contributed by atoms with Crippen molar-refractivity contribution in [2.24, 2.45) is 0 Å². The first-order chi connectivity index (χ1) is 17.0. The van der Waals surface area contributed by atoms with Crippen LogP contribution in [0.4, 0.5) is 14.6 Å². The number of nitrogens with zero attached hydrogens (tertiary/aromatic N) is 3. The number of rotatable bonds is 11. The van der Waals surface area contributed by atoms with E-state index in [2.05, 4.69) is 25.3 Å². The van der Waals surface area contributed by atoms with Crippen LogP contribution < -0.4 is 20.9 Å². The van der Waals surface area contributed by atoms with Crippen molar-refractivity contribution in [3.63, 3.8) is 0 Å². The predicted molar refractivity (Wildman–Crippen MR) is 130 cm³/mol. The number of alkyl halides is 2. The van der Waals surface area contributed by atoms with Crippen molar-refractivity contribution < 1.29 is 22.0 Å². The van der Waals surface area contributed by atoms with Gasteiger partial charge in [0.1, 0.15) is 17.4 Å².